The molecular weight excluding hydrogens is 332 g/mol. The van der Waals surface area contributed by atoms with E-state index < -0.39 is 11.9 Å². The van der Waals surface area contributed by atoms with Gasteiger partial charge in [0.2, 0.25) is 5.91 Å². The number of carbonyl (C=O) groups is 2. The summed E-state index contributed by atoms with van der Waals surface area (Å²) >= 11 is 0. The fourth-order valence-corrected chi connectivity index (χ4v) is 2.75. The molecule has 0 bridgehead atoms. The van der Waals surface area contributed by atoms with Crippen molar-refractivity contribution in [1.29, 1.82) is 0 Å². The van der Waals surface area contributed by atoms with E-state index in [-0.39, 0.29) is 12.5 Å². The normalized spacial score (nSPS) is 16.8. The first-order valence-corrected chi connectivity index (χ1v) is 8.44. The van der Waals surface area contributed by atoms with Crippen LogP contribution in [-0.2, 0) is 16.2 Å². The summed E-state index contributed by atoms with van der Waals surface area (Å²) in [5.74, 6) is -0.736. The zero-order valence-electron chi connectivity index (χ0n) is 14.2. The van der Waals surface area contributed by atoms with Crippen molar-refractivity contribution in [3.63, 3.8) is 0 Å². The zero-order chi connectivity index (χ0) is 18.4. The fourth-order valence-electron chi connectivity index (χ4n) is 2.75. The number of pyridine rings is 1. The molecule has 1 aliphatic heterocycles. The molecule has 1 aliphatic rings. The van der Waals surface area contributed by atoms with Crippen LogP contribution < -0.4 is 4.74 Å². The molecule has 1 saturated heterocycles. The Bertz CT molecular complexity index is 787. The third kappa shape index (κ3) is 4.69. The molecule has 1 atom stereocenters. The van der Waals surface area contributed by atoms with Crippen molar-refractivity contribution < 1.29 is 19.4 Å². The van der Waals surface area contributed by atoms with Crippen LogP contribution >= 0.6 is 0 Å². The first-order valence-electron chi connectivity index (χ1n) is 8.44. The van der Waals surface area contributed by atoms with Gasteiger partial charge in [-0.15, -0.1) is 0 Å². The minimum atomic E-state index is -0.842. The first-order chi connectivity index (χ1) is 12.6. The van der Waals surface area contributed by atoms with Crippen LogP contribution in [0.15, 0.2) is 54.7 Å². The quantitative estimate of drug-likeness (QED) is 0.809. The molecule has 6 heteroatoms. The number of aromatic nitrogens is 1. The van der Waals surface area contributed by atoms with Crippen LogP contribution in [0.25, 0.3) is 6.08 Å². The lowest BCUT2D eigenvalue weighted by atomic mass is 10.1. The fraction of sp³-hybridized carbons (Fsp3) is 0.250. The summed E-state index contributed by atoms with van der Waals surface area (Å²) in [6, 6.07) is 13.1. The smallest absolute Gasteiger partial charge is 0.308 e. The number of amides is 1. The number of rotatable bonds is 6. The molecule has 0 saturated carbocycles. The standard InChI is InChI=1S/C20H20N2O4/c23-19(22-12-10-16(13-22)20(24)25)9-6-15-4-7-18(8-5-15)26-14-17-3-1-2-11-21-17/h1-9,11,16H,10,12-14H2,(H,24,25). The topological polar surface area (TPSA) is 79.7 Å². The summed E-state index contributed by atoms with van der Waals surface area (Å²) in [5, 5.41) is 8.99. The summed E-state index contributed by atoms with van der Waals surface area (Å²) in [7, 11) is 0. The second kappa shape index (κ2) is 8.29. The predicted octanol–water partition coefficient (Wildman–Crippen LogP) is 2.61. The van der Waals surface area contributed by atoms with Gasteiger partial charge >= 0.3 is 5.97 Å². The number of ether oxygens (including phenoxy) is 1. The van der Waals surface area contributed by atoms with Crippen LogP contribution in [0.3, 0.4) is 0 Å². The van der Waals surface area contributed by atoms with Crippen molar-refractivity contribution in [1.82, 2.24) is 9.88 Å². The van der Waals surface area contributed by atoms with Crippen LogP contribution in [0, 0.1) is 5.92 Å². The van der Waals surface area contributed by atoms with Gasteiger partial charge in [0.05, 0.1) is 11.6 Å². The van der Waals surface area contributed by atoms with E-state index in [9.17, 15) is 9.59 Å². The van der Waals surface area contributed by atoms with E-state index >= 15 is 0 Å². The molecule has 1 unspecified atom stereocenters. The highest BCUT2D eigenvalue weighted by atomic mass is 16.5. The SMILES string of the molecule is O=C(O)C1CCN(C(=O)C=Cc2ccc(OCc3ccccn3)cc2)C1. The Hall–Kier alpha value is -3.15. The number of hydrogen-bond donors (Lipinski definition) is 1. The second-order valence-electron chi connectivity index (χ2n) is 6.12. The van der Waals surface area contributed by atoms with Gasteiger partial charge in [0.15, 0.2) is 0 Å². The van der Waals surface area contributed by atoms with Gasteiger partial charge in [0, 0.05) is 25.4 Å². The minimum absolute atomic E-state index is 0.163. The molecule has 2 heterocycles. The number of carboxylic acid groups (broad SMARTS) is 1. The summed E-state index contributed by atoms with van der Waals surface area (Å²) < 4.78 is 5.67. The van der Waals surface area contributed by atoms with Crippen molar-refractivity contribution in [3.8, 4) is 5.75 Å². The first kappa shape index (κ1) is 17.7. The Morgan fingerprint density at radius 1 is 1.23 bits per heavy atom. The second-order valence-corrected chi connectivity index (χ2v) is 6.12. The highest BCUT2D eigenvalue weighted by Gasteiger charge is 2.29. The Labute approximate surface area is 151 Å². The van der Waals surface area contributed by atoms with Crippen molar-refractivity contribution in [2.45, 2.75) is 13.0 Å². The molecule has 6 nitrogen and oxygen atoms in total. The maximum Gasteiger partial charge on any atom is 0.308 e. The van der Waals surface area contributed by atoms with Crippen molar-refractivity contribution >= 4 is 18.0 Å². The average molecular weight is 352 g/mol. The van der Waals surface area contributed by atoms with Crippen LogP contribution in [0.2, 0.25) is 0 Å². The Morgan fingerprint density at radius 2 is 2.04 bits per heavy atom. The summed E-state index contributed by atoms with van der Waals surface area (Å²) in [4.78, 5) is 28.8. The number of aliphatic carboxylic acids is 1. The largest absolute Gasteiger partial charge is 0.487 e. The number of benzene rings is 1. The molecule has 0 radical (unpaired) electrons. The van der Waals surface area contributed by atoms with E-state index in [0.29, 0.717) is 19.6 Å². The molecule has 1 fully saturated rings. The summed E-state index contributed by atoms with van der Waals surface area (Å²) in [5.41, 5.74) is 1.73. The Balaban J connectivity index is 1.51. The van der Waals surface area contributed by atoms with Crippen LogP contribution in [0.5, 0.6) is 5.75 Å². The van der Waals surface area contributed by atoms with Crippen molar-refractivity contribution in [3.05, 3.63) is 66.0 Å². The lowest BCUT2D eigenvalue weighted by Crippen LogP contribution is -2.28. The Morgan fingerprint density at radius 3 is 2.69 bits per heavy atom. The van der Waals surface area contributed by atoms with Gasteiger partial charge in [-0.05, 0) is 42.3 Å². The van der Waals surface area contributed by atoms with Gasteiger partial charge in [-0.3, -0.25) is 14.6 Å². The molecular formula is C20H20N2O4. The number of hydrogen-bond acceptors (Lipinski definition) is 4. The summed E-state index contributed by atoms with van der Waals surface area (Å²) in [6.07, 6.45) is 5.44. The van der Waals surface area contributed by atoms with Crippen LogP contribution in [-0.4, -0.2) is 40.0 Å². The molecule has 1 aromatic heterocycles. The molecule has 3 rings (SSSR count). The van der Waals surface area contributed by atoms with Gasteiger partial charge in [0.1, 0.15) is 12.4 Å². The third-order valence-corrected chi connectivity index (χ3v) is 4.26. The number of likely N-dealkylation sites (tertiary alicyclic amines) is 1. The van der Waals surface area contributed by atoms with Crippen LogP contribution in [0.4, 0.5) is 0 Å². The monoisotopic (exact) mass is 352 g/mol. The third-order valence-electron chi connectivity index (χ3n) is 4.26. The summed E-state index contributed by atoms with van der Waals surface area (Å²) in [6.45, 7) is 1.16. The van der Waals surface area contributed by atoms with E-state index in [1.165, 1.54) is 6.08 Å². The van der Waals surface area contributed by atoms with E-state index in [4.69, 9.17) is 9.84 Å². The molecule has 2 aromatic rings. The van der Waals surface area contributed by atoms with Gasteiger partial charge in [-0.1, -0.05) is 18.2 Å². The minimum Gasteiger partial charge on any atom is -0.487 e. The van der Waals surface area contributed by atoms with Crippen molar-refractivity contribution in [2.24, 2.45) is 5.92 Å². The predicted molar refractivity (Wildman–Crippen MR) is 96.4 cm³/mol. The molecule has 1 amide bonds. The lowest BCUT2D eigenvalue weighted by molar-refractivity contribution is -0.141. The highest BCUT2D eigenvalue weighted by Crippen LogP contribution is 2.18. The molecule has 26 heavy (non-hydrogen) atoms. The Kier molecular flexibility index (Phi) is 5.63. The van der Waals surface area contributed by atoms with Gasteiger partial charge in [-0.2, -0.15) is 0 Å². The van der Waals surface area contributed by atoms with E-state index in [2.05, 4.69) is 4.98 Å². The molecule has 1 N–H and O–H groups in total. The molecule has 0 spiro atoms. The zero-order valence-corrected chi connectivity index (χ0v) is 14.2. The van der Waals surface area contributed by atoms with Gasteiger partial charge in [0.25, 0.3) is 0 Å². The van der Waals surface area contributed by atoms with Crippen LogP contribution in [0.1, 0.15) is 17.7 Å². The molecule has 134 valence electrons. The maximum atomic E-state index is 12.1. The maximum absolute atomic E-state index is 12.1. The van der Waals surface area contributed by atoms with Gasteiger partial charge in [-0.25, -0.2) is 0 Å². The number of carboxylic acids is 1. The molecule has 1 aromatic carbocycles. The van der Waals surface area contributed by atoms with E-state index in [0.717, 1.165) is 17.0 Å². The van der Waals surface area contributed by atoms with E-state index in [1.807, 2.05) is 42.5 Å². The van der Waals surface area contributed by atoms with E-state index in [1.54, 1.807) is 17.2 Å². The average Bonchev–Trinajstić information content (AvgIpc) is 3.17. The number of nitrogens with zero attached hydrogens (tertiary/aromatic N) is 2. The number of carbonyl (C=O) groups excluding carboxylic acids is 1. The highest BCUT2D eigenvalue weighted by molar-refractivity contribution is 5.92. The lowest BCUT2D eigenvalue weighted by Gasteiger charge is -2.12. The molecule has 0 aliphatic carbocycles. The van der Waals surface area contributed by atoms with Crippen molar-refractivity contribution in [2.75, 3.05) is 13.1 Å². The van der Waals surface area contributed by atoms with Gasteiger partial charge < -0.3 is 14.7 Å².